The van der Waals surface area contributed by atoms with Crippen LogP contribution < -0.4 is 10.1 Å². The number of amides is 4. The van der Waals surface area contributed by atoms with Gasteiger partial charge in [0, 0.05) is 63.1 Å². The molecule has 1 aromatic rings. The Bertz CT molecular complexity index is 1130. The highest BCUT2D eigenvalue weighted by atomic mass is 16.5. The van der Waals surface area contributed by atoms with Crippen LogP contribution in [0.3, 0.4) is 0 Å². The van der Waals surface area contributed by atoms with Gasteiger partial charge in [-0.15, -0.1) is 0 Å². The maximum Gasteiger partial charge on any atom is 0.255 e. The molecule has 0 bridgehead atoms. The van der Waals surface area contributed by atoms with Gasteiger partial charge in [-0.25, -0.2) is 0 Å². The maximum absolute atomic E-state index is 13.0. The quantitative estimate of drug-likeness (QED) is 0.597. The highest BCUT2D eigenvalue weighted by molar-refractivity contribution is 6.05. The fraction of sp³-hybridized carbons (Fsp3) is 0.655. The van der Waals surface area contributed by atoms with E-state index >= 15 is 0 Å². The lowest BCUT2D eigenvalue weighted by Gasteiger charge is -2.53. The molecule has 4 amide bonds. The van der Waals surface area contributed by atoms with Crippen LogP contribution in [-0.2, 0) is 20.9 Å². The van der Waals surface area contributed by atoms with E-state index in [4.69, 9.17) is 4.74 Å². The van der Waals surface area contributed by atoms with Crippen LogP contribution in [0.1, 0.15) is 80.6 Å². The molecule has 4 heterocycles. The highest BCUT2D eigenvalue weighted by Crippen LogP contribution is 2.37. The molecule has 204 valence electrons. The third-order valence-electron chi connectivity index (χ3n) is 9.36. The van der Waals surface area contributed by atoms with E-state index in [1.54, 1.807) is 11.8 Å². The molecule has 4 atom stereocenters. The Hall–Kier alpha value is -2.94. The monoisotopic (exact) mass is 522 g/mol. The summed E-state index contributed by atoms with van der Waals surface area (Å²) in [5.74, 6) is 0.688. The van der Waals surface area contributed by atoms with Gasteiger partial charge in [0.15, 0.2) is 0 Å². The van der Waals surface area contributed by atoms with Crippen LogP contribution in [0.2, 0.25) is 0 Å². The number of rotatable bonds is 5. The zero-order valence-corrected chi connectivity index (χ0v) is 22.2. The molecule has 1 saturated carbocycles. The number of ether oxygens (including phenoxy) is 1. The Morgan fingerprint density at radius 2 is 1.74 bits per heavy atom. The molecule has 5 aliphatic rings. The smallest absolute Gasteiger partial charge is 0.255 e. The molecule has 1 aromatic carbocycles. The highest BCUT2D eigenvalue weighted by Gasteiger charge is 2.44. The average molecular weight is 523 g/mol. The summed E-state index contributed by atoms with van der Waals surface area (Å²) in [6, 6.07) is 5.78. The Morgan fingerprint density at radius 3 is 2.53 bits per heavy atom. The molecule has 6 rings (SSSR count). The first kappa shape index (κ1) is 25.3. The van der Waals surface area contributed by atoms with E-state index < -0.39 is 11.9 Å². The third kappa shape index (κ3) is 4.70. The Kier molecular flexibility index (Phi) is 6.88. The van der Waals surface area contributed by atoms with E-state index in [2.05, 4.69) is 15.1 Å². The lowest BCUT2D eigenvalue weighted by molar-refractivity contribution is -0.138. The second-order valence-corrected chi connectivity index (χ2v) is 11.7. The third-order valence-corrected chi connectivity index (χ3v) is 9.36. The zero-order chi connectivity index (χ0) is 26.4. The normalized spacial score (nSPS) is 30.6. The number of piperidine rings is 2. The number of nitrogens with one attached hydrogen (secondary N) is 1. The summed E-state index contributed by atoms with van der Waals surface area (Å²) in [5.41, 5.74) is 1.48. The first-order valence-electron chi connectivity index (χ1n) is 14.3. The van der Waals surface area contributed by atoms with Gasteiger partial charge in [-0.1, -0.05) is 6.42 Å². The number of fused-ring (bicyclic) bond motifs is 1. The number of benzene rings is 1. The molecule has 2 unspecified atom stereocenters. The summed E-state index contributed by atoms with van der Waals surface area (Å²) in [5, 5.41) is 2.36. The van der Waals surface area contributed by atoms with Gasteiger partial charge in [0.05, 0.1) is 0 Å². The molecule has 4 fully saturated rings. The number of nitrogens with zero attached hydrogens (tertiary/aromatic N) is 3. The number of imide groups is 1. The number of hydrogen-bond acceptors (Lipinski definition) is 6. The molecule has 0 aromatic heterocycles. The fourth-order valence-electron chi connectivity index (χ4n) is 7.33. The van der Waals surface area contributed by atoms with Crippen molar-refractivity contribution in [1.82, 2.24) is 20.0 Å². The standard InChI is InChI=1S/C29H38N4O5/c1-18(34)32-13-5-4-6-23(32)20-15-31(16-20)24-7-2-3-8-26(24)38-21-9-10-22-19(14-21)17-33(29(22)37)25-11-12-27(35)30-28(25)36/h9-10,14,20,23-26H,2-8,11-13,15-17H2,1H3,(H,30,35,36)/t23?,24-,25?,26-/m0/s1. The molecule has 9 heteroatoms. The predicted octanol–water partition coefficient (Wildman–Crippen LogP) is 2.47. The minimum atomic E-state index is -0.609. The summed E-state index contributed by atoms with van der Waals surface area (Å²) < 4.78 is 6.58. The summed E-state index contributed by atoms with van der Waals surface area (Å²) in [6.07, 6.45) is 8.62. The number of carbonyl (C=O) groups excluding carboxylic acids is 4. The van der Waals surface area contributed by atoms with Gasteiger partial charge in [0.25, 0.3) is 5.91 Å². The predicted molar refractivity (Wildman–Crippen MR) is 139 cm³/mol. The number of carbonyl (C=O) groups is 4. The van der Waals surface area contributed by atoms with Crippen LogP contribution in [0.4, 0.5) is 0 Å². The van der Waals surface area contributed by atoms with E-state index in [0.29, 0.717) is 36.5 Å². The zero-order valence-electron chi connectivity index (χ0n) is 22.2. The van der Waals surface area contributed by atoms with Crippen LogP contribution in [-0.4, -0.2) is 82.2 Å². The molecule has 1 aliphatic carbocycles. The molecular formula is C29H38N4O5. The van der Waals surface area contributed by atoms with Crippen molar-refractivity contribution in [3.05, 3.63) is 29.3 Å². The number of likely N-dealkylation sites (tertiary alicyclic amines) is 2. The van der Waals surface area contributed by atoms with Gasteiger partial charge in [0.2, 0.25) is 17.7 Å². The van der Waals surface area contributed by atoms with E-state index in [1.165, 1.54) is 12.8 Å². The van der Waals surface area contributed by atoms with E-state index in [-0.39, 0.29) is 30.2 Å². The maximum atomic E-state index is 13.0. The van der Waals surface area contributed by atoms with Gasteiger partial charge in [0.1, 0.15) is 17.9 Å². The first-order valence-corrected chi connectivity index (χ1v) is 14.3. The van der Waals surface area contributed by atoms with Crippen molar-refractivity contribution in [2.24, 2.45) is 5.92 Å². The topological polar surface area (TPSA) is 99.3 Å². The second-order valence-electron chi connectivity index (χ2n) is 11.7. The molecule has 9 nitrogen and oxygen atoms in total. The first-order chi connectivity index (χ1) is 18.4. The minimum Gasteiger partial charge on any atom is -0.489 e. The van der Waals surface area contributed by atoms with Crippen molar-refractivity contribution in [3.63, 3.8) is 0 Å². The Labute approximate surface area is 223 Å². The van der Waals surface area contributed by atoms with E-state index in [9.17, 15) is 19.2 Å². The van der Waals surface area contributed by atoms with Gasteiger partial charge >= 0.3 is 0 Å². The molecule has 3 saturated heterocycles. The lowest BCUT2D eigenvalue weighted by Crippen LogP contribution is -2.63. The van der Waals surface area contributed by atoms with E-state index in [0.717, 1.165) is 63.1 Å². The summed E-state index contributed by atoms with van der Waals surface area (Å²) in [6.45, 7) is 5.01. The Balaban J connectivity index is 1.10. The molecule has 0 radical (unpaired) electrons. The van der Waals surface area contributed by atoms with Gasteiger partial charge in [-0.2, -0.15) is 0 Å². The number of hydrogen-bond donors (Lipinski definition) is 1. The van der Waals surface area contributed by atoms with Crippen LogP contribution in [0.5, 0.6) is 5.75 Å². The Morgan fingerprint density at radius 1 is 0.974 bits per heavy atom. The van der Waals surface area contributed by atoms with Crippen LogP contribution in [0.25, 0.3) is 0 Å². The summed E-state index contributed by atoms with van der Waals surface area (Å²) in [7, 11) is 0. The van der Waals surface area contributed by atoms with Gasteiger partial charge < -0.3 is 14.5 Å². The van der Waals surface area contributed by atoms with Crippen molar-refractivity contribution < 1.29 is 23.9 Å². The minimum absolute atomic E-state index is 0.0985. The second kappa shape index (κ2) is 10.3. The van der Waals surface area contributed by atoms with Crippen molar-refractivity contribution in [2.45, 2.75) is 95.5 Å². The van der Waals surface area contributed by atoms with Crippen molar-refractivity contribution in [1.29, 1.82) is 0 Å². The molecule has 4 aliphatic heterocycles. The fourth-order valence-corrected chi connectivity index (χ4v) is 7.33. The average Bonchev–Trinajstić information content (AvgIpc) is 3.19. The summed E-state index contributed by atoms with van der Waals surface area (Å²) in [4.78, 5) is 55.3. The lowest BCUT2D eigenvalue weighted by atomic mass is 9.81. The van der Waals surface area contributed by atoms with Crippen molar-refractivity contribution >= 4 is 23.6 Å². The van der Waals surface area contributed by atoms with Crippen LogP contribution in [0, 0.1) is 5.92 Å². The van der Waals surface area contributed by atoms with Crippen molar-refractivity contribution in [3.8, 4) is 5.75 Å². The molecule has 0 spiro atoms. The van der Waals surface area contributed by atoms with Crippen LogP contribution >= 0.6 is 0 Å². The largest absolute Gasteiger partial charge is 0.489 e. The molecule has 1 N–H and O–H groups in total. The van der Waals surface area contributed by atoms with Crippen molar-refractivity contribution in [2.75, 3.05) is 19.6 Å². The van der Waals surface area contributed by atoms with E-state index in [1.807, 2.05) is 18.2 Å². The SMILES string of the molecule is CC(=O)N1CCCCC1C1CN([C@H]2CCCC[C@@H]2Oc2ccc3c(c2)CN(C2CCC(=O)NC2=O)C3=O)C1. The molecule has 38 heavy (non-hydrogen) atoms. The summed E-state index contributed by atoms with van der Waals surface area (Å²) >= 11 is 0. The van der Waals surface area contributed by atoms with Crippen LogP contribution in [0.15, 0.2) is 18.2 Å². The van der Waals surface area contributed by atoms with Gasteiger partial charge in [-0.05, 0) is 68.7 Å². The van der Waals surface area contributed by atoms with Gasteiger partial charge in [-0.3, -0.25) is 29.4 Å². The molecular weight excluding hydrogens is 484 g/mol.